The van der Waals surface area contributed by atoms with Crippen LogP contribution in [0.25, 0.3) is 22.8 Å². The van der Waals surface area contributed by atoms with Crippen molar-refractivity contribution in [1.29, 1.82) is 0 Å². The summed E-state index contributed by atoms with van der Waals surface area (Å²) in [6.07, 6.45) is 5.15. The van der Waals surface area contributed by atoms with Crippen molar-refractivity contribution < 1.29 is 13.9 Å². The predicted octanol–water partition coefficient (Wildman–Crippen LogP) is 5.90. The zero-order valence-corrected chi connectivity index (χ0v) is 18.4. The van der Waals surface area contributed by atoms with Gasteiger partial charge in [-0.1, -0.05) is 24.3 Å². The molecule has 164 valence electrons. The van der Waals surface area contributed by atoms with Crippen LogP contribution < -0.4 is 5.32 Å². The maximum Gasteiger partial charge on any atom is 0.256 e. The molecule has 3 heterocycles. The van der Waals surface area contributed by atoms with E-state index >= 15 is 0 Å². The first-order valence-corrected chi connectivity index (χ1v) is 11.2. The normalized spacial score (nSPS) is 17.6. The summed E-state index contributed by atoms with van der Waals surface area (Å²) in [5, 5.41) is 2.97. The lowest BCUT2D eigenvalue weighted by Crippen LogP contribution is -2.18. The Labute approximate surface area is 187 Å². The molecule has 0 spiro atoms. The summed E-state index contributed by atoms with van der Waals surface area (Å²) < 4.78 is 19.4. The third-order valence-electron chi connectivity index (χ3n) is 6.72. The third kappa shape index (κ3) is 3.78. The van der Waals surface area contributed by atoms with Gasteiger partial charge in [0, 0.05) is 35.9 Å². The number of anilines is 1. The van der Waals surface area contributed by atoms with Crippen LogP contribution in [-0.4, -0.2) is 24.1 Å². The summed E-state index contributed by atoms with van der Waals surface area (Å²) in [5.41, 5.74) is 8.40. The smallest absolute Gasteiger partial charge is 0.256 e. The lowest BCUT2D eigenvalue weighted by atomic mass is 9.90. The number of aromatic nitrogens is 1. The Hall–Kier alpha value is -3.18. The molecule has 2 N–H and O–H groups in total. The van der Waals surface area contributed by atoms with E-state index in [-0.39, 0.29) is 11.7 Å². The van der Waals surface area contributed by atoms with Crippen molar-refractivity contribution >= 4 is 23.2 Å². The molecule has 0 unspecified atom stereocenters. The van der Waals surface area contributed by atoms with Gasteiger partial charge in [0.05, 0.1) is 5.57 Å². The van der Waals surface area contributed by atoms with Crippen molar-refractivity contribution in [3.8, 4) is 11.1 Å². The molecule has 0 radical (unpaired) electrons. The fourth-order valence-electron chi connectivity index (χ4n) is 4.93. The van der Waals surface area contributed by atoms with Crippen molar-refractivity contribution in [3.63, 3.8) is 0 Å². The molecule has 1 aromatic heterocycles. The predicted molar refractivity (Wildman–Crippen MR) is 126 cm³/mol. The molecular weight excluding hydrogens is 403 g/mol. The average Bonchev–Trinajstić information content (AvgIpc) is 3.25. The van der Waals surface area contributed by atoms with E-state index in [0.717, 1.165) is 66.2 Å². The molecule has 4 nitrogen and oxygen atoms in total. The zero-order valence-electron chi connectivity index (χ0n) is 18.4. The third-order valence-corrected chi connectivity index (χ3v) is 6.72. The lowest BCUT2D eigenvalue weighted by Gasteiger charge is -2.22. The highest BCUT2D eigenvalue weighted by atomic mass is 19.1. The van der Waals surface area contributed by atoms with Crippen LogP contribution in [0.15, 0.2) is 42.5 Å². The van der Waals surface area contributed by atoms with Crippen LogP contribution in [0.4, 0.5) is 10.1 Å². The number of carbonyl (C=O) groups excluding carboxylic acids is 1. The van der Waals surface area contributed by atoms with Crippen LogP contribution >= 0.6 is 0 Å². The number of hydrogen-bond donors (Lipinski definition) is 2. The summed E-state index contributed by atoms with van der Waals surface area (Å²) in [5.74, 6) is 0.200. The Morgan fingerprint density at radius 2 is 1.91 bits per heavy atom. The highest BCUT2D eigenvalue weighted by Gasteiger charge is 2.28. The number of H-pyrrole nitrogens is 1. The Kier molecular flexibility index (Phi) is 5.43. The number of nitrogens with one attached hydrogen (secondary N) is 2. The summed E-state index contributed by atoms with van der Waals surface area (Å²) in [4.78, 5) is 16.4. The number of benzene rings is 2. The number of ether oxygens (including phenoxy) is 1. The largest absolute Gasteiger partial charge is 0.381 e. The monoisotopic (exact) mass is 430 g/mol. The molecule has 2 aliphatic heterocycles. The Morgan fingerprint density at radius 1 is 1.12 bits per heavy atom. The standard InChI is InChI=1S/C27H27FN2O2/c1-16-22(13-18-9-11-32-12-10-18)17(2)29-25(16)15-23-26-21(19-5-3-6-20(28)14-19)7-4-8-24(26)30-27(23)31/h3-8,14-15,18,29H,9-13H2,1-2H3,(H,30,31)/b23-15-. The fourth-order valence-corrected chi connectivity index (χ4v) is 4.93. The van der Waals surface area contributed by atoms with Crippen molar-refractivity contribution in [2.24, 2.45) is 5.92 Å². The number of rotatable bonds is 4. The molecule has 0 atom stereocenters. The first kappa shape index (κ1) is 20.7. The second-order valence-corrected chi connectivity index (χ2v) is 8.78. The van der Waals surface area contributed by atoms with Gasteiger partial charge in [-0.2, -0.15) is 0 Å². The van der Waals surface area contributed by atoms with E-state index in [0.29, 0.717) is 11.5 Å². The molecule has 5 rings (SSSR count). The van der Waals surface area contributed by atoms with E-state index < -0.39 is 0 Å². The van der Waals surface area contributed by atoms with Crippen molar-refractivity contribution in [3.05, 3.63) is 76.4 Å². The van der Waals surface area contributed by atoms with E-state index in [1.165, 1.54) is 23.3 Å². The number of hydrogen-bond acceptors (Lipinski definition) is 2. The minimum Gasteiger partial charge on any atom is -0.381 e. The van der Waals surface area contributed by atoms with Crippen LogP contribution in [0.1, 0.15) is 40.9 Å². The van der Waals surface area contributed by atoms with E-state index in [1.54, 1.807) is 6.07 Å². The van der Waals surface area contributed by atoms with Gasteiger partial charge in [-0.15, -0.1) is 0 Å². The molecule has 1 fully saturated rings. The topological polar surface area (TPSA) is 54.1 Å². The molecule has 5 heteroatoms. The van der Waals surface area contributed by atoms with Crippen molar-refractivity contribution in [2.75, 3.05) is 18.5 Å². The molecule has 2 aliphatic rings. The maximum absolute atomic E-state index is 13.9. The van der Waals surface area contributed by atoms with E-state index in [9.17, 15) is 9.18 Å². The second-order valence-electron chi connectivity index (χ2n) is 8.78. The highest BCUT2D eigenvalue weighted by molar-refractivity contribution is 6.36. The molecule has 32 heavy (non-hydrogen) atoms. The van der Waals surface area contributed by atoms with Crippen LogP contribution in [0.5, 0.6) is 0 Å². The first-order chi connectivity index (χ1) is 15.5. The van der Waals surface area contributed by atoms with Gasteiger partial charge in [-0.05, 0) is 85.6 Å². The first-order valence-electron chi connectivity index (χ1n) is 11.2. The van der Waals surface area contributed by atoms with Gasteiger partial charge in [-0.25, -0.2) is 4.39 Å². The molecule has 2 aromatic carbocycles. The number of fused-ring (bicyclic) bond motifs is 1. The Balaban J connectivity index is 1.55. The molecule has 1 saturated heterocycles. The van der Waals surface area contributed by atoms with Crippen LogP contribution in [0.3, 0.4) is 0 Å². The minimum absolute atomic E-state index is 0.138. The summed E-state index contributed by atoms with van der Waals surface area (Å²) >= 11 is 0. The van der Waals surface area contributed by atoms with E-state index in [2.05, 4.69) is 24.1 Å². The second kappa shape index (κ2) is 8.40. The molecule has 3 aromatic rings. The summed E-state index contributed by atoms with van der Waals surface area (Å²) in [6, 6.07) is 12.2. The van der Waals surface area contributed by atoms with Gasteiger partial charge in [0.1, 0.15) is 5.82 Å². The maximum atomic E-state index is 13.9. The minimum atomic E-state index is -0.295. The summed E-state index contributed by atoms with van der Waals surface area (Å²) in [6.45, 7) is 5.90. The molecule has 0 aliphatic carbocycles. The molecule has 1 amide bonds. The molecule has 0 saturated carbocycles. The number of amides is 1. The fraction of sp³-hybridized carbons (Fsp3) is 0.296. The molecule has 0 bridgehead atoms. The van der Waals surface area contributed by atoms with Gasteiger partial charge >= 0.3 is 0 Å². The van der Waals surface area contributed by atoms with Gasteiger partial charge in [0.25, 0.3) is 5.91 Å². The molecular formula is C27H27FN2O2. The zero-order chi connectivity index (χ0) is 22.2. The van der Waals surface area contributed by atoms with E-state index in [1.807, 2.05) is 30.3 Å². The van der Waals surface area contributed by atoms with Crippen LogP contribution in [0.2, 0.25) is 0 Å². The number of aryl methyl sites for hydroxylation is 1. The van der Waals surface area contributed by atoms with Gasteiger partial charge < -0.3 is 15.0 Å². The van der Waals surface area contributed by atoms with Crippen molar-refractivity contribution in [2.45, 2.75) is 33.1 Å². The number of aromatic amines is 1. The van der Waals surface area contributed by atoms with Crippen LogP contribution in [-0.2, 0) is 16.0 Å². The van der Waals surface area contributed by atoms with Gasteiger partial charge in [0.2, 0.25) is 0 Å². The van der Waals surface area contributed by atoms with Crippen molar-refractivity contribution in [1.82, 2.24) is 4.98 Å². The number of carbonyl (C=O) groups is 1. The van der Waals surface area contributed by atoms with E-state index in [4.69, 9.17) is 4.74 Å². The Morgan fingerprint density at radius 3 is 2.69 bits per heavy atom. The quantitative estimate of drug-likeness (QED) is 0.507. The highest BCUT2D eigenvalue weighted by Crippen LogP contribution is 2.41. The summed E-state index contributed by atoms with van der Waals surface area (Å²) in [7, 11) is 0. The number of halogens is 1. The van der Waals surface area contributed by atoms with Gasteiger partial charge in [-0.3, -0.25) is 4.79 Å². The van der Waals surface area contributed by atoms with Gasteiger partial charge in [0.15, 0.2) is 0 Å². The lowest BCUT2D eigenvalue weighted by molar-refractivity contribution is -0.110. The average molecular weight is 431 g/mol. The van der Waals surface area contributed by atoms with Crippen LogP contribution in [0, 0.1) is 25.6 Å². The SMILES string of the molecule is Cc1[nH]c(/C=C2\C(=O)Nc3cccc(-c4cccc(F)c4)c32)c(C)c1CC1CCOCC1. The Bertz CT molecular complexity index is 1220.